The van der Waals surface area contributed by atoms with Gasteiger partial charge in [-0.1, -0.05) is 85.0 Å². The fourth-order valence-corrected chi connectivity index (χ4v) is 8.17. The number of fused-ring (bicyclic) bond motifs is 4. The maximum Gasteiger partial charge on any atom is 0.254 e. The highest BCUT2D eigenvalue weighted by atomic mass is 28.3. The standard InChI is InChI=1S/C34H42N2O3Si/c1-21-24(31(37)33(2,3)4)18-28-29-26(19-36(28)32(21)38)30(40(8,9)34(5,6)7)25-17-23(15-16-27(25)35-29)39-20-22-13-11-10-12-14-22/h10-18,31,37H,19-20H2,1-9H3/t31-/m1/s1. The SMILES string of the molecule is Cc1c([C@@H](O)C(C)(C)C)cc2n(c1=O)Cc1c-2nc2ccc(OCc3ccccc3)cc2c1[Si](C)(C)C(C)(C)C. The van der Waals surface area contributed by atoms with Crippen molar-refractivity contribution < 1.29 is 9.84 Å². The number of rotatable bonds is 5. The third-order valence-electron chi connectivity index (χ3n) is 9.06. The van der Waals surface area contributed by atoms with E-state index in [-0.39, 0.29) is 10.6 Å². The monoisotopic (exact) mass is 554 g/mol. The van der Waals surface area contributed by atoms with Gasteiger partial charge in [0.25, 0.3) is 5.56 Å². The van der Waals surface area contributed by atoms with E-state index in [2.05, 4.69) is 52.1 Å². The zero-order valence-corrected chi connectivity index (χ0v) is 26.3. The fourth-order valence-electron chi connectivity index (χ4n) is 5.60. The van der Waals surface area contributed by atoms with Crippen molar-refractivity contribution in [2.24, 2.45) is 5.41 Å². The largest absolute Gasteiger partial charge is 0.489 e. The molecule has 0 aliphatic carbocycles. The van der Waals surface area contributed by atoms with Gasteiger partial charge in [0, 0.05) is 10.9 Å². The molecule has 0 saturated heterocycles. The Kier molecular flexibility index (Phi) is 6.87. The number of benzene rings is 2. The van der Waals surface area contributed by atoms with Crippen LogP contribution in [-0.2, 0) is 13.2 Å². The van der Waals surface area contributed by atoms with Gasteiger partial charge in [-0.3, -0.25) is 4.79 Å². The van der Waals surface area contributed by atoms with E-state index < -0.39 is 19.6 Å². The van der Waals surface area contributed by atoms with Crippen molar-refractivity contribution in [2.45, 2.75) is 85.9 Å². The number of nitrogens with zero attached hydrogens (tertiary/aromatic N) is 2. The lowest BCUT2D eigenvalue weighted by molar-refractivity contribution is 0.0619. The van der Waals surface area contributed by atoms with Gasteiger partial charge < -0.3 is 14.4 Å². The molecular formula is C34H42N2O3Si. The fraction of sp³-hybridized carbons (Fsp3) is 0.412. The summed E-state index contributed by atoms with van der Waals surface area (Å²) in [7, 11) is -2.11. The van der Waals surface area contributed by atoms with Crippen LogP contribution in [0.1, 0.15) is 69.9 Å². The van der Waals surface area contributed by atoms with Crippen molar-refractivity contribution in [3.8, 4) is 17.1 Å². The number of hydrogen-bond donors (Lipinski definition) is 1. The third-order valence-corrected chi connectivity index (χ3v) is 14.6. The van der Waals surface area contributed by atoms with E-state index in [1.165, 1.54) is 5.19 Å². The zero-order chi connectivity index (χ0) is 29.2. The molecule has 5 nitrogen and oxygen atoms in total. The highest BCUT2D eigenvalue weighted by Gasteiger charge is 2.42. The minimum Gasteiger partial charge on any atom is -0.489 e. The molecule has 0 unspecified atom stereocenters. The topological polar surface area (TPSA) is 64.4 Å². The molecule has 4 aromatic rings. The van der Waals surface area contributed by atoms with Gasteiger partial charge in [-0.25, -0.2) is 4.98 Å². The lowest BCUT2D eigenvalue weighted by atomic mass is 9.83. The van der Waals surface area contributed by atoms with Crippen LogP contribution < -0.4 is 15.5 Å². The van der Waals surface area contributed by atoms with Crippen molar-refractivity contribution in [3.05, 3.63) is 87.2 Å². The maximum absolute atomic E-state index is 13.7. The van der Waals surface area contributed by atoms with E-state index in [1.807, 2.05) is 68.7 Å². The first-order valence-corrected chi connectivity index (χ1v) is 17.2. The second-order valence-corrected chi connectivity index (χ2v) is 19.2. The minimum atomic E-state index is -2.11. The molecule has 5 rings (SSSR count). The molecule has 1 N–H and O–H groups in total. The number of ether oxygens (including phenoxy) is 1. The first-order chi connectivity index (χ1) is 18.6. The highest BCUT2D eigenvalue weighted by Crippen LogP contribution is 2.42. The van der Waals surface area contributed by atoms with Crippen LogP contribution in [0.5, 0.6) is 5.75 Å². The molecule has 3 heterocycles. The summed E-state index contributed by atoms with van der Waals surface area (Å²) in [6.45, 7) is 20.6. The number of aromatic nitrogens is 2. The van der Waals surface area contributed by atoms with Crippen molar-refractivity contribution in [1.29, 1.82) is 0 Å². The molecule has 2 aromatic carbocycles. The van der Waals surface area contributed by atoms with Crippen LogP contribution in [0.15, 0.2) is 59.4 Å². The van der Waals surface area contributed by atoms with Crippen LogP contribution in [0, 0.1) is 12.3 Å². The number of pyridine rings is 2. The zero-order valence-electron chi connectivity index (χ0n) is 25.3. The molecule has 2 aromatic heterocycles. The molecule has 0 amide bonds. The molecule has 1 atom stereocenters. The van der Waals surface area contributed by atoms with Crippen LogP contribution in [0.25, 0.3) is 22.3 Å². The van der Waals surface area contributed by atoms with Gasteiger partial charge in [0.1, 0.15) is 12.4 Å². The Balaban J connectivity index is 1.73. The van der Waals surface area contributed by atoms with Gasteiger partial charge in [-0.05, 0) is 63.5 Å². The van der Waals surface area contributed by atoms with Gasteiger partial charge in [0.2, 0.25) is 0 Å². The quantitative estimate of drug-likeness (QED) is 0.235. The molecule has 0 radical (unpaired) electrons. The Morgan fingerprint density at radius 2 is 1.70 bits per heavy atom. The van der Waals surface area contributed by atoms with Crippen molar-refractivity contribution in [3.63, 3.8) is 0 Å². The predicted octanol–water partition coefficient (Wildman–Crippen LogP) is 7.11. The van der Waals surface area contributed by atoms with Crippen molar-refractivity contribution >= 4 is 24.2 Å². The summed E-state index contributed by atoms with van der Waals surface area (Å²) >= 11 is 0. The van der Waals surface area contributed by atoms with Gasteiger partial charge in [-0.15, -0.1) is 0 Å². The Morgan fingerprint density at radius 3 is 2.33 bits per heavy atom. The van der Waals surface area contributed by atoms with E-state index >= 15 is 0 Å². The van der Waals surface area contributed by atoms with Crippen molar-refractivity contribution in [1.82, 2.24) is 9.55 Å². The number of hydrogen-bond acceptors (Lipinski definition) is 4. The Bertz CT molecular complexity index is 1660. The van der Waals surface area contributed by atoms with E-state index in [1.54, 1.807) is 0 Å². The summed E-state index contributed by atoms with van der Waals surface area (Å²) in [4.78, 5) is 18.9. The molecule has 0 fully saturated rings. The van der Waals surface area contributed by atoms with Gasteiger partial charge in [0.15, 0.2) is 0 Å². The smallest absolute Gasteiger partial charge is 0.254 e. The van der Waals surface area contributed by atoms with Crippen LogP contribution >= 0.6 is 0 Å². The van der Waals surface area contributed by atoms with Crippen LogP contribution in [0.3, 0.4) is 0 Å². The Labute approximate surface area is 238 Å². The average molecular weight is 555 g/mol. The minimum absolute atomic E-state index is 0.0501. The summed E-state index contributed by atoms with van der Waals surface area (Å²) < 4.78 is 8.10. The van der Waals surface area contributed by atoms with E-state index in [0.29, 0.717) is 24.3 Å². The predicted molar refractivity (Wildman–Crippen MR) is 167 cm³/mol. The lowest BCUT2D eigenvalue weighted by Crippen LogP contribution is -2.51. The second kappa shape index (κ2) is 9.70. The summed E-state index contributed by atoms with van der Waals surface area (Å²) in [6, 6.07) is 18.4. The van der Waals surface area contributed by atoms with E-state index in [9.17, 15) is 9.90 Å². The molecule has 0 spiro atoms. The van der Waals surface area contributed by atoms with E-state index in [4.69, 9.17) is 9.72 Å². The lowest BCUT2D eigenvalue weighted by Gasteiger charge is -2.39. The summed E-state index contributed by atoms with van der Waals surface area (Å²) in [5, 5.41) is 13.7. The molecule has 0 saturated carbocycles. The number of aliphatic hydroxyl groups is 1. The summed E-state index contributed by atoms with van der Waals surface area (Å²) in [5.41, 5.74) is 5.69. The van der Waals surface area contributed by atoms with E-state index in [0.717, 1.165) is 39.2 Å². The second-order valence-electron chi connectivity index (χ2n) is 13.9. The molecule has 1 aliphatic heterocycles. The van der Waals surface area contributed by atoms with Crippen molar-refractivity contribution in [2.75, 3.05) is 0 Å². The van der Waals surface area contributed by atoms with Gasteiger partial charge in [0.05, 0.1) is 37.6 Å². The molecule has 210 valence electrons. The maximum atomic E-state index is 13.7. The first kappa shape index (κ1) is 28.3. The molecular weight excluding hydrogens is 512 g/mol. The molecule has 1 aliphatic rings. The molecule has 0 bridgehead atoms. The van der Waals surface area contributed by atoms with Gasteiger partial charge in [-0.2, -0.15) is 0 Å². The first-order valence-electron chi connectivity index (χ1n) is 14.2. The average Bonchev–Trinajstić information content (AvgIpc) is 3.24. The van der Waals surface area contributed by atoms with Crippen LogP contribution in [-0.4, -0.2) is 22.7 Å². The van der Waals surface area contributed by atoms with Crippen LogP contribution in [0.4, 0.5) is 0 Å². The molecule has 6 heteroatoms. The normalized spacial score (nSPS) is 14.2. The Morgan fingerprint density at radius 1 is 1.02 bits per heavy atom. The molecule has 40 heavy (non-hydrogen) atoms. The summed E-state index contributed by atoms with van der Waals surface area (Å²) in [5.74, 6) is 0.817. The Hall–Kier alpha value is -3.22. The van der Waals surface area contributed by atoms with Gasteiger partial charge >= 0.3 is 0 Å². The highest BCUT2D eigenvalue weighted by molar-refractivity contribution is 6.94. The number of aliphatic hydroxyl groups excluding tert-OH is 1. The summed E-state index contributed by atoms with van der Waals surface area (Å²) in [6.07, 6.45) is -0.750. The third kappa shape index (κ3) is 4.71. The van der Waals surface area contributed by atoms with Crippen LogP contribution in [0.2, 0.25) is 18.1 Å².